The Bertz CT molecular complexity index is 130. The third-order valence-corrected chi connectivity index (χ3v) is 2.60. The van der Waals surface area contributed by atoms with Gasteiger partial charge in [0.1, 0.15) is 0 Å². The Balaban J connectivity index is 2.18. The average Bonchev–Trinajstić information content (AvgIpc) is 2.52. The number of likely N-dealkylation sites (N-methyl/N-ethyl adjacent to an activating group) is 1. The molecule has 0 spiro atoms. The fraction of sp³-hybridized carbons (Fsp3) is 1.00. The van der Waals surface area contributed by atoms with E-state index in [1.54, 1.807) is 7.11 Å². The van der Waals surface area contributed by atoms with Crippen molar-refractivity contribution in [3.8, 4) is 0 Å². The largest absolute Gasteiger partial charge is 0.380 e. The molecular weight excluding hydrogens is 152 g/mol. The maximum absolute atomic E-state index is 5.22. The molecule has 0 amide bonds. The fourth-order valence-electron chi connectivity index (χ4n) is 1.67. The van der Waals surface area contributed by atoms with Crippen molar-refractivity contribution in [2.75, 3.05) is 33.8 Å². The van der Waals surface area contributed by atoms with Gasteiger partial charge >= 0.3 is 0 Å². The van der Waals surface area contributed by atoms with Crippen LogP contribution >= 0.6 is 0 Å². The van der Waals surface area contributed by atoms with E-state index in [-0.39, 0.29) is 0 Å². The van der Waals surface area contributed by atoms with Gasteiger partial charge in [0.2, 0.25) is 0 Å². The average molecular weight is 172 g/mol. The molecule has 3 nitrogen and oxygen atoms in total. The molecule has 0 aliphatic carbocycles. The second kappa shape index (κ2) is 4.80. The summed E-state index contributed by atoms with van der Waals surface area (Å²) in [5.74, 6) is 0. The number of methoxy groups -OCH3 is 1. The lowest BCUT2D eigenvalue weighted by molar-refractivity contribution is 0.0846. The van der Waals surface area contributed by atoms with Gasteiger partial charge in [-0.1, -0.05) is 0 Å². The number of nitrogens with zero attached hydrogens (tertiary/aromatic N) is 1. The van der Waals surface area contributed by atoms with Crippen molar-refractivity contribution in [3.05, 3.63) is 0 Å². The van der Waals surface area contributed by atoms with Gasteiger partial charge in [-0.15, -0.1) is 0 Å². The molecule has 1 aliphatic heterocycles. The van der Waals surface area contributed by atoms with E-state index in [1.165, 1.54) is 19.5 Å². The van der Waals surface area contributed by atoms with Crippen molar-refractivity contribution in [2.45, 2.75) is 25.5 Å². The van der Waals surface area contributed by atoms with E-state index in [1.807, 2.05) is 7.05 Å². The van der Waals surface area contributed by atoms with E-state index in [0.29, 0.717) is 12.1 Å². The Morgan fingerprint density at radius 1 is 1.67 bits per heavy atom. The molecule has 1 rings (SSSR count). The molecule has 1 heterocycles. The fourth-order valence-corrected chi connectivity index (χ4v) is 1.67. The molecule has 72 valence electrons. The quantitative estimate of drug-likeness (QED) is 0.661. The molecule has 3 heteroatoms. The first-order chi connectivity index (χ1) is 5.76. The minimum absolute atomic E-state index is 0.362. The molecule has 0 radical (unpaired) electrons. The summed E-state index contributed by atoms with van der Waals surface area (Å²) < 4.78 is 5.22. The SMILES string of the molecule is CNC1CCN(CC(C)OC)C1. The molecule has 12 heavy (non-hydrogen) atoms. The van der Waals surface area contributed by atoms with E-state index in [0.717, 1.165) is 6.54 Å². The third-order valence-electron chi connectivity index (χ3n) is 2.60. The summed E-state index contributed by atoms with van der Waals surface area (Å²) in [6.07, 6.45) is 1.63. The van der Waals surface area contributed by atoms with Crippen molar-refractivity contribution >= 4 is 0 Å². The summed E-state index contributed by atoms with van der Waals surface area (Å²) in [5, 5.41) is 3.30. The topological polar surface area (TPSA) is 24.5 Å². The highest BCUT2D eigenvalue weighted by molar-refractivity contribution is 4.80. The van der Waals surface area contributed by atoms with Crippen LogP contribution in [0.25, 0.3) is 0 Å². The standard InChI is InChI=1S/C9H20N2O/c1-8(12-3)6-11-5-4-9(7-11)10-2/h8-10H,4-7H2,1-3H3. The zero-order chi connectivity index (χ0) is 8.97. The number of nitrogens with one attached hydrogen (secondary N) is 1. The Morgan fingerprint density at radius 3 is 2.92 bits per heavy atom. The zero-order valence-electron chi connectivity index (χ0n) is 8.34. The first kappa shape index (κ1) is 9.96. The maximum atomic E-state index is 5.22. The highest BCUT2D eigenvalue weighted by Crippen LogP contribution is 2.09. The van der Waals surface area contributed by atoms with E-state index < -0.39 is 0 Å². The lowest BCUT2D eigenvalue weighted by atomic mass is 10.3. The van der Waals surface area contributed by atoms with Crippen LogP contribution in [0, 0.1) is 0 Å². The van der Waals surface area contributed by atoms with Crippen LogP contribution in [-0.4, -0.2) is 50.8 Å². The first-order valence-corrected chi connectivity index (χ1v) is 4.68. The predicted octanol–water partition coefficient (Wildman–Crippen LogP) is 0.315. The molecule has 0 aromatic carbocycles. The summed E-state index contributed by atoms with van der Waals surface area (Å²) in [5.41, 5.74) is 0. The van der Waals surface area contributed by atoms with Crippen molar-refractivity contribution in [1.29, 1.82) is 0 Å². The Labute approximate surface area is 75.1 Å². The van der Waals surface area contributed by atoms with Gasteiger partial charge in [0.25, 0.3) is 0 Å². The minimum Gasteiger partial charge on any atom is -0.380 e. The van der Waals surface area contributed by atoms with Crippen LogP contribution in [0.3, 0.4) is 0 Å². The smallest absolute Gasteiger partial charge is 0.0670 e. The molecule has 2 atom stereocenters. The van der Waals surface area contributed by atoms with Crippen LogP contribution in [-0.2, 0) is 4.74 Å². The summed E-state index contributed by atoms with van der Waals surface area (Å²) in [6, 6.07) is 0.689. The van der Waals surface area contributed by atoms with Crippen molar-refractivity contribution in [1.82, 2.24) is 10.2 Å². The number of likely N-dealkylation sites (tertiary alicyclic amines) is 1. The molecule has 1 fully saturated rings. The maximum Gasteiger partial charge on any atom is 0.0670 e. The minimum atomic E-state index is 0.362. The Morgan fingerprint density at radius 2 is 2.42 bits per heavy atom. The molecule has 1 aliphatic rings. The van der Waals surface area contributed by atoms with Gasteiger partial charge in [0.15, 0.2) is 0 Å². The highest BCUT2D eigenvalue weighted by Gasteiger charge is 2.21. The van der Waals surface area contributed by atoms with Crippen LogP contribution in [0.4, 0.5) is 0 Å². The van der Waals surface area contributed by atoms with Gasteiger partial charge in [-0.05, 0) is 26.9 Å². The van der Waals surface area contributed by atoms with E-state index in [4.69, 9.17) is 4.74 Å². The lowest BCUT2D eigenvalue weighted by Gasteiger charge is -2.19. The van der Waals surface area contributed by atoms with Gasteiger partial charge in [-0.2, -0.15) is 0 Å². The molecule has 0 aromatic rings. The van der Waals surface area contributed by atoms with Crippen LogP contribution in [0.2, 0.25) is 0 Å². The second-order valence-electron chi connectivity index (χ2n) is 3.58. The summed E-state index contributed by atoms with van der Waals surface area (Å²) >= 11 is 0. The zero-order valence-corrected chi connectivity index (χ0v) is 8.34. The molecule has 1 N–H and O–H groups in total. The number of hydrogen-bond donors (Lipinski definition) is 1. The van der Waals surface area contributed by atoms with E-state index in [2.05, 4.69) is 17.1 Å². The molecule has 1 saturated heterocycles. The second-order valence-corrected chi connectivity index (χ2v) is 3.58. The molecule has 0 aromatic heterocycles. The van der Waals surface area contributed by atoms with Gasteiger partial charge in [0, 0.05) is 26.2 Å². The third kappa shape index (κ3) is 2.73. The number of hydrogen-bond acceptors (Lipinski definition) is 3. The number of ether oxygens (including phenoxy) is 1. The predicted molar refractivity (Wildman–Crippen MR) is 50.4 cm³/mol. The van der Waals surface area contributed by atoms with Gasteiger partial charge < -0.3 is 10.1 Å². The van der Waals surface area contributed by atoms with E-state index in [9.17, 15) is 0 Å². The molecule has 0 saturated carbocycles. The van der Waals surface area contributed by atoms with Crippen LogP contribution in [0.1, 0.15) is 13.3 Å². The first-order valence-electron chi connectivity index (χ1n) is 4.68. The van der Waals surface area contributed by atoms with Crippen molar-refractivity contribution in [2.24, 2.45) is 0 Å². The Hall–Kier alpha value is -0.120. The molecular formula is C9H20N2O. The molecule has 2 unspecified atom stereocenters. The van der Waals surface area contributed by atoms with Crippen LogP contribution in [0.5, 0.6) is 0 Å². The van der Waals surface area contributed by atoms with Crippen LogP contribution in [0.15, 0.2) is 0 Å². The monoisotopic (exact) mass is 172 g/mol. The summed E-state index contributed by atoms with van der Waals surface area (Å²) in [7, 11) is 3.81. The van der Waals surface area contributed by atoms with Gasteiger partial charge in [-0.3, -0.25) is 4.90 Å². The number of rotatable bonds is 4. The summed E-state index contributed by atoms with van der Waals surface area (Å²) in [6.45, 7) is 5.56. The summed E-state index contributed by atoms with van der Waals surface area (Å²) in [4.78, 5) is 2.45. The van der Waals surface area contributed by atoms with E-state index >= 15 is 0 Å². The van der Waals surface area contributed by atoms with Crippen LogP contribution < -0.4 is 5.32 Å². The normalized spacial score (nSPS) is 27.8. The lowest BCUT2D eigenvalue weighted by Crippen LogP contribution is -2.33. The van der Waals surface area contributed by atoms with Gasteiger partial charge in [0.05, 0.1) is 6.10 Å². The van der Waals surface area contributed by atoms with Crippen molar-refractivity contribution < 1.29 is 4.74 Å². The van der Waals surface area contributed by atoms with Gasteiger partial charge in [-0.25, -0.2) is 0 Å². The highest BCUT2D eigenvalue weighted by atomic mass is 16.5. The molecule has 0 bridgehead atoms. The Kier molecular flexibility index (Phi) is 3.98. The van der Waals surface area contributed by atoms with Crippen molar-refractivity contribution in [3.63, 3.8) is 0 Å².